The molecule has 5 heteroatoms. The van der Waals surface area contributed by atoms with E-state index in [0.717, 1.165) is 13.1 Å². The molecule has 0 aromatic heterocycles. The van der Waals surface area contributed by atoms with E-state index in [4.69, 9.17) is 10.8 Å². The number of aliphatic hydroxyl groups is 1. The lowest BCUT2D eigenvalue weighted by Gasteiger charge is -2.15. The van der Waals surface area contributed by atoms with Crippen molar-refractivity contribution in [2.45, 2.75) is 12.8 Å². The highest BCUT2D eigenvalue weighted by molar-refractivity contribution is 14.0. The second-order valence-corrected chi connectivity index (χ2v) is 2.66. The molecule has 0 bridgehead atoms. The van der Waals surface area contributed by atoms with Crippen molar-refractivity contribution in [3.63, 3.8) is 0 Å². The first kappa shape index (κ1) is 12.0. The van der Waals surface area contributed by atoms with E-state index in [9.17, 15) is 0 Å². The third-order valence-electron chi connectivity index (χ3n) is 1.80. The number of nitrogens with zero attached hydrogens (tertiary/aromatic N) is 2. The third-order valence-corrected chi connectivity index (χ3v) is 1.80. The number of hydrogen-bond acceptors (Lipinski definition) is 2. The van der Waals surface area contributed by atoms with Crippen molar-refractivity contribution in [1.29, 1.82) is 0 Å². The Morgan fingerprint density at radius 2 is 2.00 bits per heavy atom. The predicted octanol–water partition coefficient (Wildman–Crippen LogP) is 0.00720. The Kier molecular flexibility index (Phi) is 6.45. The van der Waals surface area contributed by atoms with Gasteiger partial charge in [0.25, 0.3) is 0 Å². The second-order valence-electron chi connectivity index (χ2n) is 2.66. The van der Waals surface area contributed by atoms with E-state index < -0.39 is 0 Å². The Morgan fingerprint density at radius 1 is 1.42 bits per heavy atom. The molecule has 1 fully saturated rings. The van der Waals surface area contributed by atoms with Gasteiger partial charge in [0.05, 0.1) is 13.2 Å². The first-order valence-corrected chi connectivity index (χ1v) is 4.00. The van der Waals surface area contributed by atoms with E-state index in [1.165, 1.54) is 12.8 Å². The van der Waals surface area contributed by atoms with Crippen molar-refractivity contribution in [1.82, 2.24) is 4.90 Å². The molecule has 12 heavy (non-hydrogen) atoms. The molecule has 4 nitrogen and oxygen atoms in total. The number of likely N-dealkylation sites (tertiary alicyclic amines) is 1. The number of hydrogen-bond donors (Lipinski definition) is 2. The van der Waals surface area contributed by atoms with Crippen LogP contribution in [0.4, 0.5) is 0 Å². The van der Waals surface area contributed by atoms with E-state index in [-0.39, 0.29) is 30.6 Å². The summed E-state index contributed by atoms with van der Waals surface area (Å²) in [4.78, 5) is 6.05. The minimum absolute atomic E-state index is 0. The van der Waals surface area contributed by atoms with Crippen molar-refractivity contribution in [2.75, 3.05) is 26.2 Å². The molecule has 3 N–H and O–H groups in total. The highest BCUT2D eigenvalue weighted by atomic mass is 127. The fraction of sp³-hybridized carbons (Fsp3) is 0.857. The molecule has 0 aliphatic carbocycles. The van der Waals surface area contributed by atoms with E-state index in [0.29, 0.717) is 12.5 Å². The zero-order chi connectivity index (χ0) is 8.10. The SMILES string of the molecule is I.NC(=NCCO)N1CCCC1. The summed E-state index contributed by atoms with van der Waals surface area (Å²) in [5.41, 5.74) is 5.63. The van der Waals surface area contributed by atoms with Gasteiger partial charge in [-0.05, 0) is 12.8 Å². The molecule has 0 saturated carbocycles. The summed E-state index contributed by atoms with van der Waals surface area (Å²) in [6.07, 6.45) is 2.41. The van der Waals surface area contributed by atoms with Gasteiger partial charge in [0.2, 0.25) is 0 Å². The van der Waals surface area contributed by atoms with Gasteiger partial charge in [0.1, 0.15) is 0 Å². The van der Waals surface area contributed by atoms with Crippen molar-refractivity contribution in [2.24, 2.45) is 10.7 Å². The molecule has 0 atom stereocenters. The minimum Gasteiger partial charge on any atom is -0.394 e. The molecule has 0 spiro atoms. The van der Waals surface area contributed by atoms with Crippen LogP contribution in [0.2, 0.25) is 0 Å². The van der Waals surface area contributed by atoms with Gasteiger partial charge < -0.3 is 15.7 Å². The molecule has 1 rings (SSSR count). The standard InChI is InChI=1S/C7H15N3O.HI/c8-7(9-3-6-11)10-4-1-2-5-10;/h11H,1-6H2,(H2,8,9);1H. The van der Waals surface area contributed by atoms with Crippen molar-refractivity contribution in [3.05, 3.63) is 0 Å². The van der Waals surface area contributed by atoms with Crippen LogP contribution in [-0.2, 0) is 0 Å². The normalized spacial score (nSPS) is 17.8. The fourth-order valence-electron chi connectivity index (χ4n) is 1.21. The van der Waals surface area contributed by atoms with Crippen molar-refractivity contribution >= 4 is 29.9 Å². The summed E-state index contributed by atoms with van der Waals surface area (Å²) in [7, 11) is 0. The van der Waals surface area contributed by atoms with Crippen LogP contribution < -0.4 is 5.73 Å². The third kappa shape index (κ3) is 3.57. The number of guanidine groups is 1. The summed E-state index contributed by atoms with van der Waals surface area (Å²) < 4.78 is 0. The zero-order valence-electron chi connectivity index (χ0n) is 7.07. The average Bonchev–Trinajstić information content (AvgIpc) is 2.52. The summed E-state index contributed by atoms with van der Waals surface area (Å²) in [6, 6.07) is 0. The van der Waals surface area contributed by atoms with Crippen LogP contribution in [-0.4, -0.2) is 42.2 Å². The quantitative estimate of drug-likeness (QED) is 0.427. The molecule has 0 radical (unpaired) electrons. The predicted molar refractivity (Wildman–Crippen MR) is 59.8 cm³/mol. The van der Waals surface area contributed by atoms with Crippen LogP contribution in [0, 0.1) is 0 Å². The molecule has 1 aliphatic rings. The summed E-state index contributed by atoms with van der Waals surface area (Å²) in [6.45, 7) is 2.53. The maximum Gasteiger partial charge on any atom is 0.191 e. The lowest BCUT2D eigenvalue weighted by Crippen LogP contribution is -2.35. The Bertz CT molecular complexity index is 146. The van der Waals surface area contributed by atoms with Crippen LogP contribution in [0.3, 0.4) is 0 Å². The maximum absolute atomic E-state index is 8.48. The smallest absolute Gasteiger partial charge is 0.191 e. The first-order valence-electron chi connectivity index (χ1n) is 4.00. The number of aliphatic imine (C=N–C) groups is 1. The lowest BCUT2D eigenvalue weighted by molar-refractivity contribution is 0.306. The Morgan fingerprint density at radius 3 is 2.50 bits per heavy atom. The van der Waals surface area contributed by atoms with Crippen LogP contribution >= 0.6 is 24.0 Å². The Labute approximate surface area is 89.9 Å². The van der Waals surface area contributed by atoms with E-state index in [1.807, 2.05) is 0 Å². The topological polar surface area (TPSA) is 61.9 Å². The van der Waals surface area contributed by atoms with Gasteiger partial charge in [-0.3, -0.25) is 4.99 Å². The van der Waals surface area contributed by atoms with E-state index >= 15 is 0 Å². The lowest BCUT2D eigenvalue weighted by atomic mass is 10.4. The largest absolute Gasteiger partial charge is 0.394 e. The molecule has 1 heterocycles. The van der Waals surface area contributed by atoms with Crippen LogP contribution in [0.5, 0.6) is 0 Å². The average molecular weight is 285 g/mol. The van der Waals surface area contributed by atoms with Crippen molar-refractivity contribution in [3.8, 4) is 0 Å². The van der Waals surface area contributed by atoms with Crippen LogP contribution in [0.25, 0.3) is 0 Å². The van der Waals surface area contributed by atoms with Gasteiger partial charge in [-0.1, -0.05) is 0 Å². The van der Waals surface area contributed by atoms with Gasteiger partial charge in [-0.2, -0.15) is 0 Å². The van der Waals surface area contributed by atoms with Gasteiger partial charge in [-0.15, -0.1) is 24.0 Å². The summed E-state index contributed by atoms with van der Waals surface area (Å²) in [5, 5.41) is 8.48. The number of aliphatic hydroxyl groups excluding tert-OH is 1. The number of rotatable bonds is 2. The monoisotopic (exact) mass is 285 g/mol. The minimum atomic E-state index is 0. The Hall–Kier alpha value is -0.0400. The molecule has 0 aromatic carbocycles. The molecule has 72 valence electrons. The van der Waals surface area contributed by atoms with Crippen LogP contribution in [0.1, 0.15) is 12.8 Å². The van der Waals surface area contributed by atoms with E-state index in [2.05, 4.69) is 9.89 Å². The second kappa shape index (κ2) is 6.47. The highest BCUT2D eigenvalue weighted by Crippen LogP contribution is 2.05. The molecule has 1 saturated heterocycles. The molecule has 0 aromatic rings. The number of nitrogens with two attached hydrogens (primary N) is 1. The molecular weight excluding hydrogens is 269 g/mol. The van der Waals surface area contributed by atoms with Crippen molar-refractivity contribution < 1.29 is 5.11 Å². The maximum atomic E-state index is 8.48. The van der Waals surface area contributed by atoms with Crippen LogP contribution in [0.15, 0.2) is 4.99 Å². The molecule has 1 aliphatic heterocycles. The van der Waals surface area contributed by atoms with Gasteiger partial charge in [-0.25, -0.2) is 0 Å². The van der Waals surface area contributed by atoms with E-state index in [1.54, 1.807) is 0 Å². The Balaban J connectivity index is 0.00000121. The fourth-order valence-corrected chi connectivity index (χ4v) is 1.21. The molecular formula is C7H16IN3O. The highest BCUT2D eigenvalue weighted by Gasteiger charge is 2.12. The summed E-state index contributed by atoms with van der Waals surface area (Å²) in [5.74, 6) is 0.580. The zero-order valence-corrected chi connectivity index (χ0v) is 9.40. The van der Waals surface area contributed by atoms with Gasteiger partial charge in [0, 0.05) is 13.1 Å². The first-order chi connectivity index (χ1) is 5.34. The number of halogens is 1. The van der Waals surface area contributed by atoms with Gasteiger partial charge in [0.15, 0.2) is 5.96 Å². The van der Waals surface area contributed by atoms with Gasteiger partial charge >= 0.3 is 0 Å². The molecule has 0 amide bonds. The summed E-state index contributed by atoms with van der Waals surface area (Å²) >= 11 is 0. The molecule has 0 unspecified atom stereocenters.